The van der Waals surface area contributed by atoms with Crippen LogP contribution >= 0.6 is 11.6 Å². The maximum Gasteiger partial charge on any atom is 0.181 e. The van der Waals surface area contributed by atoms with Crippen LogP contribution in [0.4, 0.5) is 0 Å². The van der Waals surface area contributed by atoms with Gasteiger partial charge in [-0.2, -0.15) is 0 Å². The third-order valence-corrected chi connectivity index (χ3v) is 3.84. The molecule has 0 radical (unpaired) electrons. The minimum absolute atomic E-state index is 0.520. The van der Waals surface area contributed by atoms with Crippen molar-refractivity contribution >= 4 is 22.5 Å². The topological polar surface area (TPSA) is 0 Å². The number of hydrogen-bond acceptors (Lipinski definition) is 0. The lowest BCUT2D eigenvalue weighted by molar-refractivity contribution is 1.43. The summed E-state index contributed by atoms with van der Waals surface area (Å²) < 4.78 is 0. The van der Waals surface area contributed by atoms with E-state index >= 15 is 0 Å². The van der Waals surface area contributed by atoms with Crippen LogP contribution in [-0.2, 0) is 10.9 Å². The van der Waals surface area contributed by atoms with Crippen molar-refractivity contribution in [3.05, 3.63) is 0 Å². The lowest BCUT2D eigenvalue weighted by Crippen LogP contribution is -2.07. The Morgan fingerprint density at radius 2 is 1.71 bits per heavy atom. The highest BCUT2D eigenvalue weighted by molar-refractivity contribution is 7.97. The minimum Gasteiger partial charge on any atom is -0.0683 e. The summed E-state index contributed by atoms with van der Waals surface area (Å²) in [5.41, 5.74) is 0. The van der Waals surface area contributed by atoms with Gasteiger partial charge < -0.3 is 0 Å². The van der Waals surface area contributed by atoms with Gasteiger partial charge in [0, 0.05) is 10.9 Å². The average molecular weight is 140 g/mol. The van der Waals surface area contributed by atoms with Crippen molar-refractivity contribution in [1.29, 1.82) is 0 Å². The third kappa shape index (κ3) is 3.24. The first-order chi connectivity index (χ1) is 3.35. The van der Waals surface area contributed by atoms with Crippen molar-refractivity contribution in [3.8, 4) is 0 Å². The van der Waals surface area contributed by atoms with E-state index in [0.29, 0.717) is 10.9 Å². The molecule has 0 rings (SSSR count). The van der Waals surface area contributed by atoms with Gasteiger partial charge in [0.25, 0.3) is 0 Å². The van der Waals surface area contributed by atoms with E-state index in [1.165, 1.54) is 11.5 Å². The van der Waals surface area contributed by atoms with Gasteiger partial charge in [0.05, 0.1) is 0 Å². The van der Waals surface area contributed by atoms with E-state index in [1.807, 2.05) is 0 Å². The molecular formula is C5H12ClS+. The average Bonchev–Trinajstić information content (AvgIpc) is 1.72. The molecule has 0 nitrogen and oxygen atoms in total. The van der Waals surface area contributed by atoms with Crippen LogP contribution < -0.4 is 0 Å². The molecule has 0 amide bonds. The van der Waals surface area contributed by atoms with Crippen molar-refractivity contribution < 1.29 is 0 Å². The molecular weight excluding hydrogens is 128 g/mol. The van der Waals surface area contributed by atoms with Gasteiger partial charge in [-0.15, -0.1) is 0 Å². The summed E-state index contributed by atoms with van der Waals surface area (Å²) in [6.07, 6.45) is 0. The molecule has 7 heavy (non-hydrogen) atoms. The van der Waals surface area contributed by atoms with Crippen LogP contribution in [0, 0.1) is 0 Å². The van der Waals surface area contributed by atoms with Crippen molar-refractivity contribution in [2.45, 2.75) is 13.8 Å². The van der Waals surface area contributed by atoms with Gasteiger partial charge in [0.15, 0.2) is 5.21 Å². The summed E-state index contributed by atoms with van der Waals surface area (Å²) in [6.45, 7) is 4.38. The standard InChI is InChI=1S/C5H12ClS/c1-3-7(4-2)5-6/h3-5H2,1-2H3/q+1. The van der Waals surface area contributed by atoms with E-state index in [4.69, 9.17) is 11.6 Å². The summed E-state index contributed by atoms with van der Waals surface area (Å²) in [7, 11) is 0.520. The minimum atomic E-state index is 0.520. The molecule has 0 bridgehead atoms. The van der Waals surface area contributed by atoms with Crippen LogP contribution in [0.1, 0.15) is 13.8 Å². The Balaban J connectivity index is 2.99. The molecule has 0 fully saturated rings. The lowest BCUT2D eigenvalue weighted by Gasteiger charge is -1.94. The summed E-state index contributed by atoms with van der Waals surface area (Å²) in [5.74, 6) is 2.50. The summed E-state index contributed by atoms with van der Waals surface area (Å²) >= 11 is 5.58. The zero-order valence-corrected chi connectivity index (χ0v) is 6.48. The molecule has 0 aliphatic rings. The lowest BCUT2D eigenvalue weighted by atomic mass is 11.0. The zero-order chi connectivity index (χ0) is 5.70. The normalized spacial score (nSPS) is 10.3. The maximum atomic E-state index is 5.58. The van der Waals surface area contributed by atoms with Gasteiger partial charge in [0.1, 0.15) is 11.5 Å². The summed E-state index contributed by atoms with van der Waals surface area (Å²) in [6, 6.07) is 0. The molecule has 2 heteroatoms. The monoisotopic (exact) mass is 139 g/mol. The number of hydrogen-bond donors (Lipinski definition) is 0. The fourth-order valence-corrected chi connectivity index (χ4v) is 2.00. The highest BCUT2D eigenvalue weighted by atomic mass is 35.5. The van der Waals surface area contributed by atoms with Gasteiger partial charge >= 0.3 is 0 Å². The zero-order valence-electron chi connectivity index (χ0n) is 4.91. The van der Waals surface area contributed by atoms with E-state index in [0.717, 1.165) is 5.21 Å². The molecule has 0 heterocycles. The van der Waals surface area contributed by atoms with E-state index in [1.54, 1.807) is 0 Å². The van der Waals surface area contributed by atoms with Gasteiger partial charge in [-0.05, 0) is 13.8 Å². The van der Waals surface area contributed by atoms with Crippen molar-refractivity contribution in [2.75, 3.05) is 16.7 Å². The molecule has 0 unspecified atom stereocenters. The molecule has 0 aromatic carbocycles. The molecule has 0 aromatic rings. The predicted molar refractivity (Wildman–Crippen MR) is 39.2 cm³/mol. The summed E-state index contributed by atoms with van der Waals surface area (Å²) in [5, 5.41) is 0.854. The third-order valence-electron chi connectivity index (χ3n) is 0.971. The molecule has 0 saturated heterocycles. The Labute approximate surface area is 53.6 Å². The number of halogens is 1. The quantitative estimate of drug-likeness (QED) is 0.414. The van der Waals surface area contributed by atoms with Gasteiger partial charge in [-0.25, -0.2) is 0 Å². The molecule has 0 aliphatic carbocycles. The molecule has 0 aliphatic heterocycles. The highest BCUT2D eigenvalue weighted by Crippen LogP contribution is 1.96. The Bertz CT molecular complexity index is 29.6. The molecule has 44 valence electrons. The summed E-state index contributed by atoms with van der Waals surface area (Å²) in [4.78, 5) is 0. The van der Waals surface area contributed by atoms with E-state index in [-0.39, 0.29) is 0 Å². The SMILES string of the molecule is CC[S+](CC)CCl. The van der Waals surface area contributed by atoms with E-state index in [9.17, 15) is 0 Å². The second-order valence-electron chi connectivity index (χ2n) is 1.30. The second-order valence-corrected chi connectivity index (χ2v) is 4.55. The van der Waals surface area contributed by atoms with E-state index < -0.39 is 0 Å². The number of rotatable bonds is 3. The largest absolute Gasteiger partial charge is 0.181 e. The first kappa shape index (κ1) is 7.64. The Morgan fingerprint density at radius 3 is 1.71 bits per heavy atom. The van der Waals surface area contributed by atoms with Crippen LogP contribution in [0.2, 0.25) is 0 Å². The Morgan fingerprint density at radius 1 is 1.29 bits per heavy atom. The smallest absolute Gasteiger partial charge is 0.0683 e. The van der Waals surface area contributed by atoms with Crippen molar-refractivity contribution in [2.24, 2.45) is 0 Å². The Hall–Kier alpha value is 0.640. The fraction of sp³-hybridized carbons (Fsp3) is 1.00. The first-order valence-electron chi connectivity index (χ1n) is 2.55. The van der Waals surface area contributed by atoms with Crippen molar-refractivity contribution in [1.82, 2.24) is 0 Å². The molecule has 0 spiro atoms. The van der Waals surface area contributed by atoms with E-state index in [2.05, 4.69) is 13.8 Å². The van der Waals surface area contributed by atoms with Gasteiger partial charge in [-0.3, -0.25) is 0 Å². The highest BCUT2D eigenvalue weighted by Gasteiger charge is 2.07. The van der Waals surface area contributed by atoms with Crippen LogP contribution in [0.25, 0.3) is 0 Å². The van der Waals surface area contributed by atoms with Crippen LogP contribution in [0.5, 0.6) is 0 Å². The van der Waals surface area contributed by atoms with Crippen LogP contribution in [0.3, 0.4) is 0 Å². The molecule has 0 atom stereocenters. The molecule has 0 aromatic heterocycles. The fourth-order valence-electron chi connectivity index (χ4n) is 0.358. The maximum absolute atomic E-state index is 5.58. The first-order valence-corrected chi connectivity index (χ1v) is 4.81. The molecule has 0 saturated carbocycles. The molecule has 0 N–H and O–H groups in total. The predicted octanol–water partition coefficient (Wildman–Crippen LogP) is 1.84. The Kier molecular flexibility index (Phi) is 5.23. The number of alkyl halides is 1. The van der Waals surface area contributed by atoms with Crippen LogP contribution in [0.15, 0.2) is 0 Å². The van der Waals surface area contributed by atoms with Crippen LogP contribution in [-0.4, -0.2) is 16.7 Å². The van der Waals surface area contributed by atoms with Gasteiger partial charge in [-0.1, -0.05) is 11.6 Å². The second kappa shape index (κ2) is 4.79. The van der Waals surface area contributed by atoms with Gasteiger partial charge in [0.2, 0.25) is 0 Å². The van der Waals surface area contributed by atoms with Crippen molar-refractivity contribution in [3.63, 3.8) is 0 Å².